The van der Waals surface area contributed by atoms with Crippen LogP contribution in [0.3, 0.4) is 0 Å². The van der Waals surface area contributed by atoms with E-state index in [2.05, 4.69) is 18.0 Å². The summed E-state index contributed by atoms with van der Waals surface area (Å²) in [6, 6.07) is 2.10. The Hall–Kier alpha value is -1.32. The molecular weight excluding hydrogens is 302 g/mol. The highest BCUT2D eigenvalue weighted by atomic mass is 32.2. The number of nitrogens with zero attached hydrogens (tertiary/aromatic N) is 3. The van der Waals surface area contributed by atoms with Crippen LogP contribution < -0.4 is 5.56 Å². The molecule has 0 amide bonds. The highest BCUT2D eigenvalue weighted by molar-refractivity contribution is 7.99. The summed E-state index contributed by atoms with van der Waals surface area (Å²) in [5.41, 5.74) is 1.29. The second-order valence-electron chi connectivity index (χ2n) is 5.42. The molecule has 1 aliphatic carbocycles. The lowest BCUT2D eigenvalue weighted by Crippen LogP contribution is -2.23. The number of rotatable bonds is 3. The molecule has 2 aromatic heterocycles. The van der Waals surface area contributed by atoms with E-state index in [-0.39, 0.29) is 5.56 Å². The Morgan fingerprint density at radius 3 is 3.10 bits per heavy atom. The Morgan fingerprint density at radius 2 is 2.38 bits per heavy atom. The molecule has 0 spiro atoms. The van der Waals surface area contributed by atoms with Gasteiger partial charge in [-0.15, -0.1) is 11.3 Å². The Morgan fingerprint density at radius 1 is 1.57 bits per heavy atom. The molecule has 0 bridgehead atoms. The van der Waals surface area contributed by atoms with Gasteiger partial charge < -0.3 is 0 Å². The van der Waals surface area contributed by atoms with Crippen LogP contribution >= 0.6 is 23.1 Å². The standard InChI is InChI=1S/C15H17N3OS2/c1-3-18-14(19)12-10-5-4-9(2)8-11(10)21-13(12)17-15(18)20-7-6-16/h9H,3-5,7-8H2,1-2H3/t9-/m0/s1. The van der Waals surface area contributed by atoms with Crippen LogP contribution in [0.4, 0.5) is 0 Å². The first-order valence-corrected chi connectivity index (χ1v) is 9.00. The van der Waals surface area contributed by atoms with Crippen molar-refractivity contribution < 1.29 is 0 Å². The molecule has 0 unspecified atom stereocenters. The second-order valence-corrected chi connectivity index (χ2v) is 7.45. The summed E-state index contributed by atoms with van der Waals surface area (Å²) in [4.78, 5) is 19.6. The van der Waals surface area contributed by atoms with E-state index >= 15 is 0 Å². The lowest BCUT2D eigenvalue weighted by atomic mass is 9.89. The molecule has 110 valence electrons. The van der Waals surface area contributed by atoms with Gasteiger partial charge in [-0.1, -0.05) is 18.7 Å². The molecule has 0 saturated heterocycles. The SMILES string of the molecule is CCn1c(SCC#N)nc2sc3c(c2c1=O)CC[C@H](C)C3. The van der Waals surface area contributed by atoms with Crippen molar-refractivity contribution in [2.24, 2.45) is 5.92 Å². The van der Waals surface area contributed by atoms with Crippen molar-refractivity contribution in [1.29, 1.82) is 5.26 Å². The first-order valence-electron chi connectivity index (χ1n) is 7.20. The third kappa shape index (κ3) is 2.49. The smallest absolute Gasteiger partial charge is 0.263 e. The maximum atomic E-state index is 12.8. The largest absolute Gasteiger partial charge is 0.287 e. The number of nitriles is 1. The van der Waals surface area contributed by atoms with Crippen LogP contribution in [0.2, 0.25) is 0 Å². The van der Waals surface area contributed by atoms with Crippen molar-refractivity contribution in [2.45, 2.75) is 44.8 Å². The van der Waals surface area contributed by atoms with Gasteiger partial charge in [-0.2, -0.15) is 5.26 Å². The molecular formula is C15H17N3OS2. The number of aromatic nitrogens is 2. The molecule has 0 saturated carbocycles. The normalized spacial score (nSPS) is 17.7. The highest BCUT2D eigenvalue weighted by Gasteiger charge is 2.24. The number of hydrogen-bond acceptors (Lipinski definition) is 5. The van der Waals surface area contributed by atoms with Gasteiger partial charge >= 0.3 is 0 Å². The van der Waals surface area contributed by atoms with E-state index in [1.54, 1.807) is 15.9 Å². The third-order valence-electron chi connectivity index (χ3n) is 3.96. The third-order valence-corrected chi connectivity index (χ3v) is 5.95. The van der Waals surface area contributed by atoms with E-state index in [0.717, 1.165) is 29.5 Å². The molecule has 2 heterocycles. The van der Waals surface area contributed by atoms with Crippen LogP contribution in [0, 0.1) is 17.2 Å². The van der Waals surface area contributed by atoms with Gasteiger partial charge in [0, 0.05) is 11.4 Å². The van der Waals surface area contributed by atoms with E-state index in [4.69, 9.17) is 5.26 Å². The fourth-order valence-electron chi connectivity index (χ4n) is 2.89. The maximum Gasteiger partial charge on any atom is 0.263 e. The van der Waals surface area contributed by atoms with E-state index in [1.807, 2.05) is 6.92 Å². The Bertz CT molecular complexity index is 785. The summed E-state index contributed by atoms with van der Waals surface area (Å²) in [6.45, 7) is 4.81. The van der Waals surface area contributed by atoms with Crippen LogP contribution in [-0.2, 0) is 19.4 Å². The molecule has 4 nitrogen and oxygen atoms in total. The molecule has 1 aliphatic rings. The van der Waals surface area contributed by atoms with Crippen molar-refractivity contribution in [3.8, 4) is 6.07 Å². The minimum absolute atomic E-state index is 0.0648. The molecule has 3 rings (SSSR count). The van der Waals surface area contributed by atoms with Crippen molar-refractivity contribution in [3.05, 3.63) is 20.8 Å². The molecule has 2 aromatic rings. The van der Waals surface area contributed by atoms with Crippen LogP contribution in [0.5, 0.6) is 0 Å². The van der Waals surface area contributed by atoms with Crippen molar-refractivity contribution >= 4 is 33.3 Å². The van der Waals surface area contributed by atoms with Crippen LogP contribution in [-0.4, -0.2) is 15.3 Å². The van der Waals surface area contributed by atoms with Crippen molar-refractivity contribution in [1.82, 2.24) is 9.55 Å². The van der Waals surface area contributed by atoms with Crippen molar-refractivity contribution in [2.75, 3.05) is 5.75 Å². The predicted octanol–water partition coefficient (Wildman–Crippen LogP) is 3.22. The van der Waals surface area contributed by atoms with Crippen LogP contribution in [0.1, 0.15) is 30.7 Å². The topological polar surface area (TPSA) is 58.7 Å². The summed E-state index contributed by atoms with van der Waals surface area (Å²) in [5.74, 6) is 1.01. The quantitative estimate of drug-likeness (QED) is 0.644. The zero-order valence-electron chi connectivity index (χ0n) is 12.2. The minimum Gasteiger partial charge on any atom is -0.287 e. The lowest BCUT2D eigenvalue weighted by molar-refractivity contribution is 0.509. The first kappa shape index (κ1) is 14.6. The Kier molecular flexibility index (Phi) is 4.05. The van der Waals surface area contributed by atoms with Gasteiger partial charge in [-0.05, 0) is 37.7 Å². The van der Waals surface area contributed by atoms with E-state index in [0.29, 0.717) is 23.4 Å². The number of hydrogen-bond donors (Lipinski definition) is 0. The fourth-order valence-corrected chi connectivity index (χ4v) is 5.04. The molecule has 0 N–H and O–H groups in total. The van der Waals surface area contributed by atoms with E-state index < -0.39 is 0 Å². The van der Waals surface area contributed by atoms with Gasteiger partial charge in [0.1, 0.15) is 4.83 Å². The van der Waals surface area contributed by atoms with Gasteiger partial charge in [0.25, 0.3) is 5.56 Å². The van der Waals surface area contributed by atoms with Crippen molar-refractivity contribution in [3.63, 3.8) is 0 Å². The number of aryl methyl sites for hydroxylation is 1. The molecule has 21 heavy (non-hydrogen) atoms. The van der Waals surface area contributed by atoms with Crippen LogP contribution in [0.25, 0.3) is 10.2 Å². The minimum atomic E-state index is 0.0648. The average Bonchev–Trinajstić information content (AvgIpc) is 2.82. The average molecular weight is 319 g/mol. The highest BCUT2D eigenvalue weighted by Crippen LogP contribution is 2.36. The predicted molar refractivity (Wildman–Crippen MR) is 87.1 cm³/mol. The van der Waals surface area contributed by atoms with Crippen LogP contribution in [0.15, 0.2) is 9.95 Å². The molecule has 0 aliphatic heterocycles. The summed E-state index contributed by atoms with van der Waals surface area (Å²) >= 11 is 3.01. The monoisotopic (exact) mass is 319 g/mol. The number of fused-ring (bicyclic) bond motifs is 3. The summed E-state index contributed by atoms with van der Waals surface area (Å²) in [7, 11) is 0. The van der Waals surface area contributed by atoms with E-state index in [9.17, 15) is 4.79 Å². The summed E-state index contributed by atoms with van der Waals surface area (Å²) in [6.07, 6.45) is 3.19. The number of thiophene rings is 1. The fraction of sp³-hybridized carbons (Fsp3) is 0.533. The second kappa shape index (κ2) is 5.82. The molecule has 6 heteroatoms. The van der Waals surface area contributed by atoms with Gasteiger partial charge in [0.2, 0.25) is 0 Å². The molecule has 0 aromatic carbocycles. The van der Waals surface area contributed by atoms with Gasteiger partial charge in [0.05, 0.1) is 17.2 Å². The van der Waals surface area contributed by atoms with Gasteiger partial charge in [-0.3, -0.25) is 9.36 Å². The number of thioether (sulfide) groups is 1. The Balaban J connectivity index is 2.21. The Labute approximate surface area is 131 Å². The maximum absolute atomic E-state index is 12.8. The first-order chi connectivity index (χ1) is 10.2. The summed E-state index contributed by atoms with van der Waals surface area (Å²) in [5, 5.41) is 10.2. The molecule has 1 atom stereocenters. The zero-order chi connectivity index (χ0) is 15.0. The zero-order valence-corrected chi connectivity index (χ0v) is 13.8. The van der Waals surface area contributed by atoms with Gasteiger partial charge in [0.15, 0.2) is 5.16 Å². The molecule has 0 fully saturated rings. The lowest BCUT2D eigenvalue weighted by Gasteiger charge is -2.17. The van der Waals surface area contributed by atoms with Gasteiger partial charge in [-0.25, -0.2) is 4.98 Å². The molecule has 0 radical (unpaired) electrons. The summed E-state index contributed by atoms with van der Waals surface area (Å²) < 4.78 is 1.70. The van der Waals surface area contributed by atoms with E-state index in [1.165, 1.54) is 22.2 Å².